The van der Waals surface area contributed by atoms with Crippen molar-refractivity contribution in [3.8, 4) is 5.69 Å². The van der Waals surface area contributed by atoms with Crippen molar-refractivity contribution in [1.29, 1.82) is 0 Å². The highest BCUT2D eigenvalue weighted by molar-refractivity contribution is 5.77. The van der Waals surface area contributed by atoms with E-state index >= 15 is 0 Å². The third-order valence-corrected chi connectivity index (χ3v) is 5.04. The summed E-state index contributed by atoms with van der Waals surface area (Å²) in [6.07, 6.45) is 4.10. The number of rotatable bonds is 4. The van der Waals surface area contributed by atoms with E-state index < -0.39 is 0 Å². The molecule has 3 aromatic rings. The largest absolute Gasteiger partial charge is 0.396 e. The van der Waals surface area contributed by atoms with Gasteiger partial charge in [-0.2, -0.15) is 0 Å². The van der Waals surface area contributed by atoms with Crippen molar-refractivity contribution in [1.82, 2.24) is 14.5 Å². The van der Waals surface area contributed by atoms with Crippen molar-refractivity contribution in [2.45, 2.75) is 19.4 Å². The topological polar surface area (TPSA) is 41.3 Å². The fraction of sp³-hybridized carbons (Fsp3) is 0.350. The number of benzene rings is 2. The summed E-state index contributed by atoms with van der Waals surface area (Å²) >= 11 is 0. The van der Waals surface area contributed by atoms with E-state index in [2.05, 4.69) is 44.8 Å². The second-order valence-corrected chi connectivity index (χ2v) is 6.67. The molecule has 0 aliphatic carbocycles. The molecule has 0 bridgehead atoms. The van der Waals surface area contributed by atoms with Crippen LogP contribution in [0.3, 0.4) is 0 Å². The Balaban J connectivity index is 1.47. The number of aliphatic hydroxyl groups is 1. The molecule has 0 unspecified atom stereocenters. The predicted molar refractivity (Wildman–Crippen MR) is 96.2 cm³/mol. The molecule has 24 heavy (non-hydrogen) atoms. The predicted octanol–water partition coefficient (Wildman–Crippen LogP) is 3.23. The standard InChI is InChI=1S/C20H23N3O/c24-14-17-9-11-22(12-10-17)13-16-5-7-18(8-6-16)23-15-21-19-3-1-2-4-20(19)23/h1-8,15,17,24H,9-14H2. The fourth-order valence-electron chi connectivity index (χ4n) is 3.51. The monoisotopic (exact) mass is 321 g/mol. The Morgan fingerprint density at radius 1 is 1.00 bits per heavy atom. The number of hydrogen-bond acceptors (Lipinski definition) is 3. The summed E-state index contributed by atoms with van der Waals surface area (Å²) in [5.41, 5.74) is 4.64. The Labute approximate surface area is 142 Å². The highest BCUT2D eigenvalue weighted by Crippen LogP contribution is 2.21. The Bertz CT molecular complexity index is 801. The highest BCUT2D eigenvalue weighted by Gasteiger charge is 2.18. The van der Waals surface area contributed by atoms with Crippen LogP contribution in [0.1, 0.15) is 18.4 Å². The minimum Gasteiger partial charge on any atom is -0.396 e. The second kappa shape index (κ2) is 6.75. The van der Waals surface area contributed by atoms with Gasteiger partial charge in [0.05, 0.1) is 11.0 Å². The first-order valence-corrected chi connectivity index (χ1v) is 8.68. The molecular weight excluding hydrogens is 298 g/mol. The zero-order valence-corrected chi connectivity index (χ0v) is 13.8. The van der Waals surface area contributed by atoms with E-state index in [1.807, 2.05) is 24.5 Å². The maximum Gasteiger partial charge on any atom is 0.100 e. The molecule has 0 saturated carbocycles. The van der Waals surface area contributed by atoms with Gasteiger partial charge in [0.25, 0.3) is 0 Å². The Morgan fingerprint density at radius 3 is 2.50 bits per heavy atom. The van der Waals surface area contributed by atoms with Gasteiger partial charge in [-0.3, -0.25) is 9.47 Å². The average molecular weight is 321 g/mol. The SMILES string of the molecule is OCC1CCN(Cc2ccc(-n3cnc4ccccc43)cc2)CC1. The third kappa shape index (κ3) is 3.07. The maximum atomic E-state index is 9.24. The normalized spacial score (nSPS) is 16.7. The molecule has 0 radical (unpaired) electrons. The Kier molecular flexibility index (Phi) is 4.32. The van der Waals surface area contributed by atoms with Crippen LogP contribution in [0.5, 0.6) is 0 Å². The van der Waals surface area contributed by atoms with Gasteiger partial charge in [-0.15, -0.1) is 0 Å². The summed E-state index contributed by atoms with van der Waals surface area (Å²) in [5, 5.41) is 9.24. The fourth-order valence-corrected chi connectivity index (χ4v) is 3.51. The van der Waals surface area contributed by atoms with E-state index in [4.69, 9.17) is 0 Å². The van der Waals surface area contributed by atoms with E-state index in [-0.39, 0.29) is 0 Å². The molecule has 1 N–H and O–H groups in total. The minimum atomic E-state index is 0.335. The molecule has 124 valence electrons. The lowest BCUT2D eigenvalue weighted by Gasteiger charge is -2.31. The molecule has 4 heteroatoms. The van der Waals surface area contributed by atoms with E-state index in [1.54, 1.807) is 0 Å². The van der Waals surface area contributed by atoms with Crippen molar-refractivity contribution in [2.75, 3.05) is 19.7 Å². The van der Waals surface area contributed by atoms with E-state index in [0.29, 0.717) is 12.5 Å². The maximum absolute atomic E-state index is 9.24. The van der Waals surface area contributed by atoms with Crippen molar-refractivity contribution >= 4 is 11.0 Å². The molecule has 4 rings (SSSR count). The first-order chi connectivity index (χ1) is 11.8. The molecule has 0 atom stereocenters. The second-order valence-electron chi connectivity index (χ2n) is 6.67. The number of aromatic nitrogens is 2. The Hall–Kier alpha value is -2.17. The smallest absolute Gasteiger partial charge is 0.100 e. The van der Waals surface area contributed by atoms with Crippen LogP contribution in [-0.4, -0.2) is 39.3 Å². The van der Waals surface area contributed by atoms with Crippen LogP contribution in [0.2, 0.25) is 0 Å². The number of likely N-dealkylation sites (tertiary alicyclic amines) is 1. The van der Waals surface area contributed by atoms with E-state index in [1.165, 1.54) is 5.56 Å². The molecule has 2 aromatic carbocycles. The van der Waals surface area contributed by atoms with Gasteiger partial charge >= 0.3 is 0 Å². The van der Waals surface area contributed by atoms with Crippen molar-refractivity contribution in [2.24, 2.45) is 5.92 Å². The van der Waals surface area contributed by atoms with Gasteiger partial charge in [0, 0.05) is 18.8 Å². The molecule has 2 heterocycles. The lowest BCUT2D eigenvalue weighted by Crippen LogP contribution is -2.34. The molecule has 0 amide bonds. The molecule has 1 saturated heterocycles. The molecule has 1 aliphatic heterocycles. The van der Waals surface area contributed by atoms with Gasteiger partial charge in [0.1, 0.15) is 6.33 Å². The van der Waals surface area contributed by atoms with Crippen LogP contribution in [0.25, 0.3) is 16.7 Å². The zero-order valence-electron chi connectivity index (χ0n) is 13.8. The van der Waals surface area contributed by atoms with Crippen LogP contribution in [0.4, 0.5) is 0 Å². The molecule has 4 nitrogen and oxygen atoms in total. The van der Waals surface area contributed by atoms with Gasteiger partial charge in [-0.1, -0.05) is 24.3 Å². The number of imidazole rings is 1. The number of piperidine rings is 1. The van der Waals surface area contributed by atoms with Crippen molar-refractivity contribution < 1.29 is 5.11 Å². The van der Waals surface area contributed by atoms with Gasteiger partial charge in [0.2, 0.25) is 0 Å². The number of nitrogens with zero attached hydrogens (tertiary/aromatic N) is 3. The Morgan fingerprint density at radius 2 is 1.75 bits per heavy atom. The van der Waals surface area contributed by atoms with Gasteiger partial charge in [-0.05, 0) is 61.7 Å². The lowest BCUT2D eigenvalue weighted by atomic mass is 9.97. The summed E-state index contributed by atoms with van der Waals surface area (Å²) in [4.78, 5) is 6.94. The third-order valence-electron chi connectivity index (χ3n) is 5.04. The first kappa shape index (κ1) is 15.4. The zero-order chi connectivity index (χ0) is 16.4. The lowest BCUT2D eigenvalue weighted by molar-refractivity contribution is 0.127. The summed E-state index contributed by atoms with van der Waals surface area (Å²) in [5.74, 6) is 0.498. The average Bonchev–Trinajstić information content (AvgIpc) is 3.07. The first-order valence-electron chi connectivity index (χ1n) is 8.68. The number of hydrogen-bond donors (Lipinski definition) is 1. The van der Waals surface area contributed by atoms with Crippen LogP contribution in [-0.2, 0) is 6.54 Å². The summed E-state index contributed by atoms with van der Waals surface area (Å²) in [6, 6.07) is 17.0. The van der Waals surface area contributed by atoms with Gasteiger partial charge in [0.15, 0.2) is 0 Å². The van der Waals surface area contributed by atoms with Crippen LogP contribution in [0, 0.1) is 5.92 Å². The van der Waals surface area contributed by atoms with Crippen molar-refractivity contribution in [3.63, 3.8) is 0 Å². The quantitative estimate of drug-likeness (QED) is 0.802. The summed E-state index contributed by atoms with van der Waals surface area (Å²) in [7, 11) is 0. The van der Waals surface area contributed by atoms with Gasteiger partial charge in [-0.25, -0.2) is 4.98 Å². The molecular formula is C20H23N3O. The molecule has 0 spiro atoms. The highest BCUT2D eigenvalue weighted by atomic mass is 16.3. The van der Waals surface area contributed by atoms with Gasteiger partial charge < -0.3 is 5.11 Å². The van der Waals surface area contributed by atoms with E-state index in [9.17, 15) is 5.11 Å². The number of para-hydroxylation sites is 2. The summed E-state index contributed by atoms with van der Waals surface area (Å²) in [6.45, 7) is 3.49. The summed E-state index contributed by atoms with van der Waals surface area (Å²) < 4.78 is 2.13. The van der Waals surface area contributed by atoms with Crippen molar-refractivity contribution in [3.05, 3.63) is 60.4 Å². The molecule has 1 aliphatic rings. The molecule has 1 aromatic heterocycles. The number of fused-ring (bicyclic) bond motifs is 1. The van der Waals surface area contributed by atoms with E-state index in [0.717, 1.165) is 49.2 Å². The minimum absolute atomic E-state index is 0.335. The van der Waals surface area contributed by atoms with Crippen LogP contribution < -0.4 is 0 Å². The van der Waals surface area contributed by atoms with Crippen LogP contribution >= 0.6 is 0 Å². The van der Waals surface area contributed by atoms with Crippen LogP contribution in [0.15, 0.2) is 54.9 Å². The molecule has 1 fully saturated rings. The number of aliphatic hydroxyl groups excluding tert-OH is 1.